The van der Waals surface area contributed by atoms with Gasteiger partial charge in [-0.05, 0) is 12.1 Å². The lowest BCUT2D eigenvalue weighted by atomic mass is 10.3. The van der Waals surface area contributed by atoms with Crippen LogP contribution in [0.25, 0.3) is 0 Å². The zero-order valence-electron chi connectivity index (χ0n) is 5.57. The molecule has 0 fully saturated rings. The Labute approximate surface area is 70.0 Å². The minimum atomic E-state index is -4.72. The van der Waals surface area contributed by atoms with E-state index >= 15 is 0 Å². The highest BCUT2D eigenvalue weighted by Gasteiger charge is 2.34. The van der Waals surface area contributed by atoms with Crippen molar-refractivity contribution in [2.75, 3.05) is 0 Å². The van der Waals surface area contributed by atoms with Crippen molar-refractivity contribution in [2.45, 2.75) is 6.18 Å². The molecule has 0 amide bonds. The summed E-state index contributed by atoms with van der Waals surface area (Å²) in [4.78, 5) is 1.73. The van der Waals surface area contributed by atoms with Crippen LogP contribution in [0.1, 0.15) is 5.69 Å². The molecule has 0 saturated carbocycles. The molecule has 1 aromatic heterocycles. The second-order valence-corrected chi connectivity index (χ2v) is 2.48. The Bertz CT molecular complexity index is 340. The first-order valence-electron chi connectivity index (χ1n) is 2.87. The van der Waals surface area contributed by atoms with Crippen molar-refractivity contribution < 1.29 is 17.6 Å². The second-order valence-electron chi connectivity index (χ2n) is 2.04. The Hall–Kier alpha value is -0.910. The van der Waals surface area contributed by atoms with Crippen LogP contribution < -0.4 is 0 Å². The van der Waals surface area contributed by atoms with E-state index in [0.717, 1.165) is 6.07 Å². The van der Waals surface area contributed by atoms with E-state index in [-0.39, 0.29) is 4.64 Å². The summed E-state index contributed by atoms with van der Waals surface area (Å²) in [6.45, 7) is 0. The number of aromatic amines is 1. The number of halogens is 4. The molecule has 66 valence electrons. The van der Waals surface area contributed by atoms with Crippen molar-refractivity contribution in [3.8, 4) is 0 Å². The number of alkyl halides is 3. The summed E-state index contributed by atoms with van der Waals surface area (Å²) in [5, 5.41) is 0. The van der Waals surface area contributed by atoms with Gasteiger partial charge in [-0.2, -0.15) is 13.2 Å². The maximum Gasteiger partial charge on any atom is 0.434 e. The van der Waals surface area contributed by atoms with Gasteiger partial charge < -0.3 is 4.98 Å². The topological polar surface area (TPSA) is 15.8 Å². The van der Waals surface area contributed by atoms with Gasteiger partial charge in [-0.15, -0.1) is 0 Å². The molecular formula is C6H3F4NS. The van der Waals surface area contributed by atoms with Gasteiger partial charge >= 0.3 is 6.18 Å². The van der Waals surface area contributed by atoms with Gasteiger partial charge in [-0.3, -0.25) is 0 Å². The molecule has 0 radical (unpaired) electrons. The fourth-order valence-corrected chi connectivity index (χ4v) is 0.833. The first-order chi connectivity index (χ1) is 5.41. The van der Waals surface area contributed by atoms with Crippen molar-refractivity contribution in [2.24, 2.45) is 0 Å². The van der Waals surface area contributed by atoms with E-state index in [4.69, 9.17) is 0 Å². The van der Waals surface area contributed by atoms with Gasteiger partial charge in [0.05, 0.1) is 0 Å². The number of rotatable bonds is 0. The molecule has 0 unspecified atom stereocenters. The maximum absolute atomic E-state index is 12.5. The van der Waals surface area contributed by atoms with E-state index in [9.17, 15) is 17.6 Å². The average Bonchev–Trinajstić information content (AvgIpc) is 1.92. The van der Waals surface area contributed by atoms with Crippen LogP contribution in [0.2, 0.25) is 0 Å². The molecule has 6 heteroatoms. The van der Waals surface area contributed by atoms with Crippen molar-refractivity contribution in [3.63, 3.8) is 0 Å². The highest BCUT2D eigenvalue weighted by atomic mass is 32.1. The smallest absolute Gasteiger partial charge is 0.340 e. The third-order valence-corrected chi connectivity index (χ3v) is 1.39. The average molecular weight is 197 g/mol. The van der Waals surface area contributed by atoms with E-state index in [0.29, 0.717) is 6.07 Å². The number of pyridine rings is 1. The van der Waals surface area contributed by atoms with Crippen LogP contribution in [-0.4, -0.2) is 4.98 Å². The minimum Gasteiger partial charge on any atom is -0.340 e. The Kier molecular flexibility index (Phi) is 2.18. The molecule has 0 aliphatic heterocycles. The van der Waals surface area contributed by atoms with Crippen LogP contribution in [0.15, 0.2) is 12.1 Å². The van der Waals surface area contributed by atoms with Crippen LogP contribution >= 0.6 is 12.2 Å². The standard InChI is InChI=1S/C6H3F4NS/c7-3-1-2-4(12)11-5(3)6(8,9)10/h1-2H,(H,11,12). The summed E-state index contributed by atoms with van der Waals surface area (Å²) >= 11 is 4.41. The Morgan fingerprint density at radius 1 is 1.25 bits per heavy atom. The molecule has 0 aliphatic carbocycles. The summed E-state index contributed by atoms with van der Waals surface area (Å²) in [5.74, 6) is -1.35. The quantitative estimate of drug-likeness (QED) is 0.499. The predicted octanol–water partition coefficient (Wildman–Crippen LogP) is 2.90. The summed E-state index contributed by atoms with van der Waals surface area (Å²) in [6, 6.07) is 1.74. The van der Waals surface area contributed by atoms with Crippen LogP contribution in [0.3, 0.4) is 0 Å². The molecule has 0 atom stereocenters. The third-order valence-electron chi connectivity index (χ3n) is 1.15. The number of aromatic nitrogens is 1. The summed E-state index contributed by atoms with van der Waals surface area (Å²) < 4.78 is 48.1. The highest BCUT2D eigenvalue weighted by molar-refractivity contribution is 7.71. The van der Waals surface area contributed by atoms with E-state index in [1.165, 1.54) is 0 Å². The van der Waals surface area contributed by atoms with Gasteiger partial charge in [0, 0.05) is 0 Å². The largest absolute Gasteiger partial charge is 0.434 e. The number of hydrogen-bond donors (Lipinski definition) is 1. The zero-order chi connectivity index (χ0) is 9.35. The van der Waals surface area contributed by atoms with Crippen molar-refractivity contribution in [1.29, 1.82) is 0 Å². The SMILES string of the molecule is Fc1ccc(=S)[nH]c1C(F)(F)F. The minimum absolute atomic E-state index is 0.149. The summed E-state index contributed by atoms with van der Waals surface area (Å²) in [5.41, 5.74) is -1.44. The summed E-state index contributed by atoms with van der Waals surface area (Å²) in [6.07, 6.45) is -4.72. The Balaban J connectivity index is 3.33. The predicted molar refractivity (Wildman–Crippen MR) is 36.6 cm³/mol. The molecule has 1 N–H and O–H groups in total. The lowest BCUT2D eigenvalue weighted by Crippen LogP contribution is -2.10. The lowest BCUT2D eigenvalue weighted by Gasteiger charge is -2.06. The van der Waals surface area contributed by atoms with Gasteiger partial charge in [-0.1, -0.05) is 12.2 Å². The zero-order valence-corrected chi connectivity index (χ0v) is 6.39. The van der Waals surface area contributed by atoms with Crippen LogP contribution in [0, 0.1) is 10.5 Å². The molecule has 12 heavy (non-hydrogen) atoms. The van der Waals surface area contributed by atoms with Crippen molar-refractivity contribution >= 4 is 12.2 Å². The first kappa shape index (κ1) is 9.18. The molecule has 1 rings (SSSR count). The molecule has 1 aromatic rings. The van der Waals surface area contributed by atoms with Crippen molar-refractivity contribution in [3.05, 3.63) is 28.3 Å². The Morgan fingerprint density at radius 3 is 2.25 bits per heavy atom. The van der Waals surface area contributed by atoms with Gasteiger partial charge in [-0.25, -0.2) is 4.39 Å². The maximum atomic E-state index is 12.5. The molecule has 0 saturated heterocycles. The molecule has 0 aromatic carbocycles. The summed E-state index contributed by atoms with van der Waals surface area (Å²) in [7, 11) is 0. The first-order valence-corrected chi connectivity index (χ1v) is 3.28. The second kappa shape index (κ2) is 2.85. The van der Waals surface area contributed by atoms with Gasteiger partial charge in [0.2, 0.25) is 0 Å². The molecule has 0 aliphatic rings. The molecule has 1 heterocycles. The van der Waals surface area contributed by atoms with Gasteiger partial charge in [0.1, 0.15) is 4.64 Å². The highest BCUT2D eigenvalue weighted by Crippen LogP contribution is 2.29. The van der Waals surface area contributed by atoms with Gasteiger partial charge in [0.25, 0.3) is 0 Å². The number of nitrogens with one attached hydrogen (secondary N) is 1. The van der Waals surface area contributed by atoms with Crippen molar-refractivity contribution in [1.82, 2.24) is 4.98 Å². The van der Waals surface area contributed by atoms with E-state index in [1.54, 1.807) is 4.98 Å². The number of H-pyrrole nitrogens is 1. The fraction of sp³-hybridized carbons (Fsp3) is 0.167. The van der Waals surface area contributed by atoms with E-state index in [1.807, 2.05) is 0 Å². The molecule has 0 bridgehead atoms. The fourth-order valence-electron chi connectivity index (χ4n) is 0.663. The molecule has 0 spiro atoms. The third kappa shape index (κ3) is 1.82. The molecular weight excluding hydrogens is 194 g/mol. The van der Waals surface area contributed by atoms with Crippen LogP contribution in [0.4, 0.5) is 17.6 Å². The lowest BCUT2D eigenvalue weighted by molar-refractivity contribution is -0.143. The van der Waals surface area contributed by atoms with Gasteiger partial charge in [0.15, 0.2) is 11.5 Å². The van der Waals surface area contributed by atoms with Crippen LogP contribution in [0.5, 0.6) is 0 Å². The molecule has 1 nitrogen and oxygen atoms in total. The van der Waals surface area contributed by atoms with Crippen LogP contribution in [-0.2, 0) is 6.18 Å². The van der Waals surface area contributed by atoms with E-state index < -0.39 is 17.7 Å². The monoisotopic (exact) mass is 197 g/mol. The normalized spacial score (nSPS) is 11.7. The van der Waals surface area contributed by atoms with E-state index in [2.05, 4.69) is 12.2 Å². The number of hydrogen-bond acceptors (Lipinski definition) is 1. The Morgan fingerprint density at radius 2 is 1.83 bits per heavy atom.